The molecule has 4 rings (SSSR count). The predicted octanol–water partition coefficient (Wildman–Crippen LogP) is 3.28. The van der Waals surface area contributed by atoms with Crippen LogP contribution in [0.3, 0.4) is 0 Å². The third-order valence-electron chi connectivity index (χ3n) is 6.42. The van der Waals surface area contributed by atoms with Crippen LogP contribution in [-0.2, 0) is 4.79 Å². The summed E-state index contributed by atoms with van der Waals surface area (Å²) < 4.78 is 29.9. The first-order valence-corrected chi connectivity index (χ1v) is 11.0. The number of hydrogen-bond acceptors (Lipinski definition) is 6. The number of hydrogen-bond donors (Lipinski definition) is 1. The fourth-order valence-electron chi connectivity index (χ4n) is 4.65. The van der Waals surface area contributed by atoms with Crippen LogP contribution in [0.15, 0.2) is 24.4 Å². The van der Waals surface area contributed by atoms with E-state index in [1.807, 2.05) is 6.92 Å². The number of nitrogens with zero attached hydrogens (tertiary/aromatic N) is 4. The van der Waals surface area contributed by atoms with Crippen LogP contribution >= 0.6 is 0 Å². The highest BCUT2D eigenvalue weighted by atomic mass is 19.3. The molecule has 2 aliphatic rings. The molecule has 32 heavy (non-hydrogen) atoms. The zero-order valence-electron chi connectivity index (χ0n) is 18.1. The van der Waals surface area contributed by atoms with Gasteiger partial charge in [-0.1, -0.05) is 12.8 Å². The second kappa shape index (κ2) is 9.65. The zero-order chi connectivity index (χ0) is 22.7. The number of halogens is 2. The number of nitriles is 1. The summed E-state index contributed by atoms with van der Waals surface area (Å²) in [5, 5.41) is 13.4. The predicted molar refractivity (Wildman–Crippen MR) is 117 cm³/mol. The summed E-state index contributed by atoms with van der Waals surface area (Å²) in [6, 6.07) is 6.80. The van der Waals surface area contributed by atoms with Crippen molar-refractivity contribution in [1.82, 2.24) is 15.2 Å². The van der Waals surface area contributed by atoms with E-state index in [0.717, 1.165) is 12.8 Å². The third kappa shape index (κ3) is 4.75. The van der Waals surface area contributed by atoms with Crippen molar-refractivity contribution in [3.05, 3.63) is 30.0 Å². The lowest BCUT2D eigenvalue weighted by Gasteiger charge is -2.39. The number of ether oxygens (including phenoxy) is 1. The molecule has 1 atom stereocenters. The van der Waals surface area contributed by atoms with Gasteiger partial charge < -0.3 is 15.0 Å². The molecule has 1 N–H and O–H groups in total. The van der Waals surface area contributed by atoms with Crippen molar-refractivity contribution in [3.8, 4) is 11.8 Å². The van der Waals surface area contributed by atoms with Crippen LogP contribution in [-0.4, -0.2) is 60.7 Å². The molecule has 7 nitrogen and oxygen atoms in total. The molecule has 1 amide bonds. The van der Waals surface area contributed by atoms with Gasteiger partial charge in [0.15, 0.2) is 0 Å². The van der Waals surface area contributed by atoms with Crippen molar-refractivity contribution in [3.63, 3.8) is 0 Å². The molecular formula is C23H27F2N5O2. The number of alkyl halides is 2. The highest BCUT2D eigenvalue weighted by molar-refractivity contribution is 5.95. The van der Waals surface area contributed by atoms with Crippen LogP contribution in [0.5, 0.6) is 5.75 Å². The number of carbonyl (C=O) groups is 1. The largest absolute Gasteiger partial charge is 0.435 e. The van der Waals surface area contributed by atoms with Crippen LogP contribution in [0, 0.1) is 11.3 Å². The number of pyridine rings is 1. The van der Waals surface area contributed by atoms with Crippen molar-refractivity contribution < 1.29 is 18.3 Å². The van der Waals surface area contributed by atoms with Crippen molar-refractivity contribution in [2.24, 2.45) is 0 Å². The lowest BCUT2D eigenvalue weighted by Crippen LogP contribution is -2.55. The van der Waals surface area contributed by atoms with Gasteiger partial charge in [0.2, 0.25) is 5.91 Å². The van der Waals surface area contributed by atoms with Gasteiger partial charge in [0.05, 0.1) is 22.8 Å². The maximum Gasteiger partial charge on any atom is 0.387 e. The topological polar surface area (TPSA) is 81.5 Å². The van der Waals surface area contributed by atoms with Crippen molar-refractivity contribution >= 4 is 22.5 Å². The smallest absolute Gasteiger partial charge is 0.387 e. The van der Waals surface area contributed by atoms with Crippen LogP contribution in [0.4, 0.5) is 14.5 Å². The van der Waals surface area contributed by atoms with E-state index in [9.17, 15) is 18.8 Å². The fourth-order valence-corrected chi connectivity index (χ4v) is 4.65. The van der Waals surface area contributed by atoms with E-state index in [4.69, 9.17) is 0 Å². The van der Waals surface area contributed by atoms with Gasteiger partial charge in [-0.25, -0.2) is 0 Å². The van der Waals surface area contributed by atoms with Gasteiger partial charge in [-0.2, -0.15) is 14.0 Å². The Morgan fingerprint density at radius 1 is 1.25 bits per heavy atom. The Kier molecular flexibility index (Phi) is 6.70. The average molecular weight is 443 g/mol. The number of piperazine rings is 1. The summed E-state index contributed by atoms with van der Waals surface area (Å²) in [5.41, 5.74) is 1.65. The number of fused-ring (bicyclic) bond motifs is 1. The number of anilines is 1. The molecule has 0 radical (unpaired) electrons. The van der Waals surface area contributed by atoms with Gasteiger partial charge in [-0.15, -0.1) is 0 Å². The minimum absolute atomic E-state index is 0.0291. The second-order valence-corrected chi connectivity index (χ2v) is 8.38. The number of aromatic nitrogens is 1. The van der Waals surface area contributed by atoms with E-state index in [2.05, 4.69) is 30.9 Å². The van der Waals surface area contributed by atoms with Gasteiger partial charge in [0.1, 0.15) is 11.8 Å². The molecule has 1 unspecified atom stereocenters. The summed E-state index contributed by atoms with van der Waals surface area (Å²) in [6.07, 6.45) is 5.95. The lowest BCUT2D eigenvalue weighted by molar-refractivity contribution is -0.126. The fraction of sp³-hybridized carbons (Fsp3) is 0.522. The first kappa shape index (κ1) is 22.2. The average Bonchev–Trinajstić information content (AvgIpc) is 3.30. The zero-order valence-corrected chi connectivity index (χ0v) is 18.1. The Hall–Kier alpha value is -2.99. The van der Waals surface area contributed by atoms with Crippen LogP contribution in [0.25, 0.3) is 10.9 Å². The standard InChI is InChI=1S/C23H27F2N5O2/c1-15(22(31)28-17-4-2-3-5-17)29-8-10-30(11-9-29)21-16(13-26)14-27-20-7-6-18(12-19(20)21)32-23(24)25/h6-7,12,14-15,17,23H,2-5,8-11H2,1H3,(H,28,31). The summed E-state index contributed by atoms with van der Waals surface area (Å²) in [6.45, 7) is 1.52. The monoisotopic (exact) mass is 443 g/mol. The Morgan fingerprint density at radius 2 is 1.97 bits per heavy atom. The minimum Gasteiger partial charge on any atom is -0.435 e. The highest BCUT2D eigenvalue weighted by Gasteiger charge is 2.29. The molecule has 1 aromatic heterocycles. The molecule has 1 aliphatic carbocycles. The van der Waals surface area contributed by atoms with E-state index in [-0.39, 0.29) is 23.7 Å². The number of rotatable bonds is 6. The van der Waals surface area contributed by atoms with Gasteiger partial charge in [0, 0.05) is 43.8 Å². The van der Waals surface area contributed by atoms with Crippen molar-refractivity contribution in [2.75, 3.05) is 31.1 Å². The number of amides is 1. The Balaban J connectivity index is 1.50. The molecule has 2 heterocycles. The quantitative estimate of drug-likeness (QED) is 0.738. The second-order valence-electron chi connectivity index (χ2n) is 8.38. The maximum atomic E-state index is 12.7. The third-order valence-corrected chi connectivity index (χ3v) is 6.42. The molecule has 9 heteroatoms. The van der Waals surface area contributed by atoms with Crippen molar-refractivity contribution in [1.29, 1.82) is 5.26 Å². The van der Waals surface area contributed by atoms with Crippen LogP contribution in [0.2, 0.25) is 0 Å². The van der Waals surface area contributed by atoms with Crippen LogP contribution < -0.4 is 15.0 Å². The normalized spacial score (nSPS) is 18.7. The molecular weight excluding hydrogens is 416 g/mol. The van der Waals surface area contributed by atoms with E-state index in [0.29, 0.717) is 48.3 Å². The number of benzene rings is 1. The first-order chi connectivity index (χ1) is 15.5. The summed E-state index contributed by atoms with van der Waals surface area (Å²) in [5.74, 6) is 0.0905. The SMILES string of the molecule is CC(C(=O)NC1CCCC1)N1CCN(c2c(C#N)cnc3ccc(OC(F)F)cc23)CC1. The Morgan fingerprint density at radius 3 is 2.62 bits per heavy atom. The molecule has 1 aromatic carbocycles. The summed E-state index contributed by atoms with van der Waals surface area (Å²) in [7, 11) is 0. The molecule has 0 bridgehead atoms. The van der Waals surface area contributed by atoms with Crippen LogP contribution in [0.1, 0.15) is 38.2 Å². The van der Waals surface area contributed by atoms with Gasteiger partial charge in [-0.3, -0.25) is 14.7 Å². The molecule has 170 valence electrons. The molecule has 2 aromatic rings. The summed E-state index contributed by atoms with van der Waals surface area (Å²) >= 11 is 0. The van der Waals surface area contributed by atoms with Crippen molar-refractivity contribution in [2.45, 2.75) is 51.3 Å². The minimum atomic E-state index is -2.93. The molecule has 0 spiro atoms. The number of nitrogens with one attached hydrogen (secondary N) is 1. The number of carbonyl (C=O) groups excluding carboxylic acids is 1. The van der Waals surface area contributed by atoms with E-state index < -0.39 is 6.61 Å². The lowest BCUT2D eigenvalue weighted by atomic mass is 10.1. The Bertz CT molecular complexity index is 1010. The summed E-state index contributed by atoms with van der Waals surface area (Å²) in [4.78, 5) is 21.1. The van der Waals surface area contributed by atoms with Gasteiger partial charge in [0.25, 0.3) is 0 Å². The molecule has 1 aliphatic heterocycles. The maximum absolute atomic E-state index is 12.7. The molecule has 1 saturated carbocycles. The molecule has 2 fully saturated rings. The van der Waals surface area contributed by atoms with Gasteiger partial charge >= 0.3 is 6.61 Å². The van der Waals surface area contributed by atoms with Gasteiger partial charge in [-0.05, 0) is 38.0 Å². The molecule has 1 saturated heterocycles. The Labute approximate surface area is 185 Å². The highest BCUT2D eigenvalue weighted by Crippen LogP contribution is 2.33. The van der Waals surface area contributed by atoms with E-state index in [1.165, 1.54) is 31.2 Å². The first-order valence-electron chi connectivity index (χ1n) is 11.0. The van der Waals surface area contributed by atoms with E-state index >= 15 is 0 Å². The van der Waals surface area contributed by atoms with E-state index in [1.54, 1.807) is 6.07 Å².